The molecule has 0 radical (unpaired) electrons. The van der Waals surface area contributed by atoms with Crippen LogP contribution in [-0.2, 0) is 0 Å². The van der Waals surface area contributed by atoms with Gasteiger partial charge in [0.25, 0.3) is 0 Å². The smallest absolute Gasteiger partial charge is 0.0540 e. The number of para-hydroxylation sites is 4. The lowest BCUT2D eigenvalue weighted by molar-refractivity contribution is 0.610. The van der Waals surface area contributed by atoms with Gasteiger partial charge in [0.1, 0.15) is 0 Å². The molecule has 0 atom stereocenters. The van der Waals surface area contributed by atoms with Gasteiger partial charge in [0, 0.05) is 113 Å². The van der Waals surface area contributed by atoms with Gasteiger partial charge in [-0.2, -0.15) is 0 Å². The third kappa shape index (κ3) is 14.0. The van der Waals surface area contributed by atoms with Crippen LogP contribution < -0.4 is 29.4 Å². The lowest BCUT2D eigenvalue weighted by atomic mass is 9.91. The van der Waals surface area contributed by atoms with Gasteiger partial charge in [-0.1, -0.05) is 242 Å². The van der Waals surface area contributed by atoms with Gasteiger partial charge < -0.3 is 29.4 Å². The van der Waals surface area contributed by atoms with Crippen LogP contribution in [-0.4, -0.2) is 24.2 Å². The largest absolute Gasteiger partial charge is 0.366 e. The molecule has 6 heteroatoms. The third-order valence-electron chi connectivity index (χ3n) is 23.8. The Morgan fingerprint density at radius 3 is 0.585 bits per heavy atom. The number of hydrogen-bond donors (Lipinski definition) is 0. The van der Waals surface area contributed by atoms with E-state index in [1.54, 1.807) is 0 Å². The summed E-state index contributed by atoms with van der Waals surface area (Å²) in [5.41, 5.74) is 21.5. The molecule has 0 saturated heterocycles. The van der Waals surface area contributed by atoms with E-state index < -0.39 is 0 Å². The SMILES string of the molecule is CC(C)N(c1ccc2ccc3c(N(C(C)C)C(C)C)ccc4ccc1c2c43)C(C)C.Cc1ccc(N(c2ccccc2)c2ccc3ccc4c(N(c5ccccc5)c5ccc(C)cc5)ccc5ccc2c3c54)cc1.Cc1cccc(N(c2ccccc2)c2ccc3ccc4c(N(c5ccccc5)c5cccc(C)c5)ccc5ccc2c3c54)c1. The molecule has 0 aromatic heterocycles. The van der Waals surface area contributed by atoms with E-state index in [1.807, 2.05) is 0 Å². The molecule has 0 N–H and O–H groups in total. The molecular formula is C112H100N6. The van der Waals surface area contributed by atoms with Gasteiger partial charge >= 0.3 is 0 Å². The van der Waals surface area contributed by atoms with E-state index in [2.05, 4.69) is 476 Å². The minimum Gasteiger partial charge on any atom is -0.366 e. The zero-order chi connectivity index (χ0) is 81.0. The van der Waals surface area contributed by atoms with Crippen molar-refractivity contribution in [3.05, 3.63) is 386 Å². The Labute approximate surface area is 694 Å². The molecule has 20 aromatic carbocycles. The van der Waals surface area contributed by atoms with E-state index in [9.17, 15) is 0 Å². The summed E-state index contributed by atoms with van der Waals surface area (Å²) in [6.45, 7) is 26.9. The van der Waals surface area contributed by atoms with Gasteiger partial charge in [0.15, 0.2) is 0 Å². The Hall–Kier alpha value is -13.7. The molecule has 578 valence electrons. The Morgan fingerprint density at radius 2 is 0.356 bits per heavy atom. The van der Waals surface area contributed by atoms with E-state index in [4.69, 9.17) is 0 Å². The molecule has 0 fully saturated rings. The maximum Gasteiger partial charge on any atom is 0.0540 e. The van der Waals surface area contributed by atoms with Crippen LogP contribution >= 0.6 is 0 Å². The number of benzene rings is 20. The van der Waals surface area contributed by atoms with Crippen LogP contribution in [0.25, 0.3) is 97.0 Å². The van der Waals surface area contributed by atoms with Gasteiger partial charge in [0.05, 0.1) is 22.7 Å². The molecule has 0 unspecified atom stereocenters. The van der Waals surface area contributed by atoms with Crippen molar-refractivity contribution < 1.29 is 0 Å². The van der Waals surface area contributed by atoms with Crippen molar-refractivity contribution in [3.63, 3.8) is 0 Å². The molecule has 118 heavy (non-hydrogen) atoms. The Morgan fingerprint density at radius 1 is 0.161 bits per heavy atom. The van der Waals surface area contributed by atoms with Crippen molar-refractivity contribution in [2.75, 3.05) is 29.4 Å². The van der Waals surface area contributed by atoms with Gasteiger partial charge in [-0.15, -0.1) is 0 Å². The number of hydrogen-bond acceptors (Lipinski definition) is 6. The van der Waals surface area contributed by atoms with Crippen LogP contribution in [0, 0.1) is 27.7 Å². The normalized spacial score (nSPS) is 11.7. The molecule has 0 heterocycles. The zero-order valence-corrected chi connectivity index (χ0v) is 69.6. The van der Waals surface area contributed by atoms with Gasteiger partial charge in [-0.25, -0.2) is 0 Å². The average molecular weight is 1530 g/mol. The minimum absolute atomic E-state index is 0.455. The molecule has 20 aromatic rings. The first-order chi connectivity index (χ1) is 57.5. The molecule has 0 aliphatic carbocycles. The Balaban J connectivity index is 0.000000125. The predicted octanol–water partition coefficient (Wildman–Crippen LogP) is 32.1. The summed E-state index contributed by atoms with van der Waals surface area (Å²) in [5, 5.41) is 23.3. The highest BCUT2D eigenvalue weighted by atomic mass is 15.2. The quantitative estimate of drug-likeness (QED) is 0.0792. The molecule has 0 aliphatic heterocycles. The summed E-state index contributed by atoms with van der Waals surface area (Å²) < 4.78 is 0. The number of nitrogens with zero attached hydrogens (tertiary/aromatic N) is 6. The van der Waals surface area contributed by atoms with Crippen molar-refractivity contribution in [2.24, 2.45) is 0 Å². The topological polar surface area (TPSA) is 19.4 Å². The Kier molecular flexibility index (Phi) is 20.4. The molecule has 0 spiro atoms. The standard InChI is InChI=1S/2C42H32N2.C28H36N2/c1-29-11-9-17-35(27-29)43(33-13-5-3-6-14-33)39-25-21-31-20-24-38-40(26-22-32-19-23-37(39)41(31)42(32)38)44(34-15-7-4-8-16-34)36-18-10-12-30(2)28-36;1-29-13-21-35(22-14-29)43(33-9-5-3-6-10-33)39-27-19-31-18-26-38-40(28-20-32-17-25-37(39)41(31)42(32)38)44(34-11-7-4-8-12-34)36-23-15-30(2)16-24-36;1-17(2)29(18(3)4)25-15-11-21-10-14-24-26(30(19(5)6)20(7)8)16-12-22-9-13-23(25)27(21)28(22)24/h2*3-28H,1-2H3;9-20H,1-8H3. The zero-order valence-electron chi connectivity index (χ0n) is 69.6. The third-order valence-corrected chi connectivity index (χ3v) is 23.8. The molecule has 0 aliphatic rings. The van der Waals surface area contributed by atoms with Gasteiger partial charge in [-0.3, -0.25) is 0 Å². The number of aryl methyl sites for hydroxylation is 4. The van der Waals surface area contributed by atoms with Crippen molar-refractivity contribution in [3.8, 4) is 0 Å². The maximum atomic E-state index is 2.54. The van der Waals surface area contributed by atoms with E-state index in [0.717, 1.165) is 45.5 Å². The van der Waals surface area contributed by atoms with Gasteiger partial charge in [0.2, 0.25) is 0 Å². The van der Waals surface area contributed by atoms with Crippen molar-refractivity contribution in [1.82, 2.24) is 0 Å². The number of rotatable bonds is 18. The highest BCUT2D eigenvalue weighted by Crippen LogP contribution is 2.52. The first-order valence-corrected chi connectivity index (χ1v) is 41.9. The summed E-state index contributed by atoms with van der Waals surface area (Å²) in [7, 11) is 0. The summed E-state index contributed by atoms with van der Waals surface area (Å²) in [6, 6.07) is 135. The van der Waals surface area contributed by atoms with Crippen LogP contribution in [0.3, 0.4) is 0 Å². The fourth-order valence-electron chi connectivity index (χ4n) is 18.8. The summed E-state index contributed by atoms with van der Waals surface area (Å²) in [5.74, 6) is 0. The molecule has 0 amide bonds. The maximum absolute atomic E-state index is 2.54. The summed E-state index contributed by atoms with van der Waals surface area (Å²) in [4.78, 5) is 14.6. The highest BCUT2D eigenvalue weighted by molar-refractivity contribution is 6.31. The second-order valence-electron chi connectivity index (χ2n) is 33.0. The molecule has 0 bridgehead atoms. The van der Waals surface area contributed by atoms with Crippen LogP contribution in [0.15, 0.2) is 364 Å². The van der Waals surface area contributed by atoms with Crippen molar-refractivity contribution in [2.45, 2.75) is 107 Å². The number of anilines is 14. The van der Waals surface area contributed by atoms with Crippen molar-refractivity contribution >= 4 is 177 Å². The van der Waals surface area contributed by atoms with Crippen molar-refractivity contribution in [1.29, 1.82) is 0 Å². The molecule has 20 rings (SSSR count). The summed E-state index contributed by atoms with van der Waals surface area (Å²) in [6.07, 6.45) is 0. The van der Waals surface area contributed by atoms with Crippen LogP contribution in [0.1, 0.15) is 77.6 Å². The lowest BCUT2D eigenvalue weighted by Gasteiger charge is -2.35. The first kappa shape index (κ1) is 75.7. The summed E-state index contributed by atoms with van der Waals surface area (Å²) >= 11 is 0. The lowest BCUT2D eigenvalue weighted by Crippen LogP contribution is -2.37. The second kappa shape index (κ2) is 31.8. The Bertz CT molecular complexity index is 6500. The van der Waals surface area contributed by atoms with E-state index >= 15 is 0 Å². The fourth-order valence-corrected chi connectivity index (χ4v) is 18.8. The fraction of sp³-hybridized carbons (Fsp3) is 0.143. The van der Waals surface area contributed by atoms with Gasteiger partial charge in [-0.05, 0) is 292 Å². The minimum atomic E-state index is 0.455. The monoisotopic (exact) mass is 1530 g/mol. The van der Waals surface area contributed by atoms with Crippen LogP contribution in [0.5, 0.6) is 0 Å². The van der Waals surface area contributed by atoms with Crippen LogP contribution in [0.2, 0.25) is 0 Å². The molecule has 0 saturated carbocycles. The predicted molar refractivity (Wildman–Crippen MR) is 514 cm³/mol. The van der Waals surface area contributed by atoms with E-state index in [-0.39, 0.29) is 0 Å². The van der Waals surface area contributed by atoms with E-state index in [0.29, 0.717) is 24.2 Å². The van der Waals surface area contributed by atoms with E-state index in [1.165, 1.54) is 153 Å². The van der Waals surface area contributed by atoms with Crippen LogP contribution in [0.4, 0.5) is 79.6 Å². The average Bonchev–Trinajstić information content (AvgIpc) is 0.726. The molecule has 6 nitrogen and oxygen atoms in total. The molecular weight excluding hydrogens is 1430 g/mol. The highest BCUT2D eigenvalue weighted by Gasteiger charge is 2.27. The first-order valence-electron chi connectivity index (χ1n) is 41.9. The second-order valence-corrected chi connectivity index (χ2v) is 33.0.